The predicted octanol–water partition coefficient (Wildman–Crippen LogP) is 3.62. The van der Waals surface area contributed by atoms with Gasteiger partial charge in [-0.15, -0.1) is 0 Å². The summed E-state index contributed by atoms with van der Waals surface area (Å²) in [6.07, 6.45) is 2.71. The summed E-state index contributed by atoms with van der Waals surface area (Å²) in [5.74, 6) is -0.729. The van der Waals surface area contributed by atoms with Crippen molar-refractivity contribution in [1.29, 1.82) is 0 Å². The van der Waals surface area contributed by atoms with Gasteiger partial charge < -0.3 is 9.64 Å². The number of carbonyl (C=O) groups is 2. The predicted molar refractivity (Wildman–Crippen MR) is 91.6 cm³/mol. The molecule has 1 aromatic rings. The Balaban J connectivity index is 1.81. The van der Waals surface area contributed by atoms with Gasteiger partial charge in [-0.05, 0) is 63.3 Å². The first-order chi connectivity index (χ1) is 11.6. The van der Waals surface area contributed by atoms with E-state index in [1.165, 1.54) is 12.1 Å². The van der Waals surface area contributed by atoms with Gasteiger partial charge >= 0.3 is 5.97 Å². The molecule has 4 rings (SSSR count). The number of esters is 1. The molecule has 2 aliphatic heterocycles. The highest BCUT2D eigenvalue weighted by molar-refractivity contribution is 6.05. The lowest BCUT2D eigenvalue weighted by Crippen LogP contribution is -2.58. The number of amides is 1. The number of halogens is 1. The van der Waals surface area contributed by atoms with Gasteiger partial charge in [0, 0.05) is 17.1 Å². The first kappa shape index (κ1) is 16.6. The molecule has 0 unspecified atom stereocenters. The fourth-order valence-electron chi connectivity index (χ4n) is 4.95. The maximum atomic E-state index is 13.7. The fraction of sp³-hybridized carbons (Fsp3) is 0.600. The quantitative estimate of drug-likeness (QED) is 0.731. The van der Waals surface area contributed by atoms with E-state index >= 15 is 0 Å². The van der Waals surface area contributed by atoms with Crippen molar-refractivity contribution in [3.63, 3.8) is 0 Å². The fourth-order valence-corrected chi connectivity index (χ4v) is 4.95. The van der Waals surface area contributed by atoms with Gasteiger partial charge in [-0.3, -0.25) is 9.59 Å². The molecule has 0 N–H and O–H groups in total. The number of carbonyl (C=O) groups excluding carboxylic acids is 2. The van der Waals surface area contributed by atoms with Crippen LogP contribution in [0.2, 0.25) is 0 Å². The molecular weight excluding hydrogens is 321 g/mol. The SMILES string of the molecule is C[C@@H]1CCc2cc(F)ccc2N1C(=O)[C@]12CC[C@@](C)(C(=O)O1)C2(C)C. The highest BCUT2D eigenvalue weighted by Gasteiger charge is 2.76. The molecule has 4 nitrogen and oxygen atoms in total. The summed E-state index contributed by atoms with van der Waals surface area (Å²) in [5, 5.41) is 0. The van der Waals surface area contributed by atoms with Crippen molar-refractivity contribution in [1.82, 2.24) is 0 Å². The van der Waals surface area contributed by atoms with Crippen LogP contribution in [0.25, 0.3) is 0 Å². The average Bonchev–Trinajstić information content (AvgIpc) is 2.85. The Labute approximate surface area is 147 Å². The third kappa shape index (κ3) is 1.81. The molecule has 1 saturated heterocycles. The normalized spacial score (nSPS) is 35.5. The number of hydrogen-bond donors (Lipinski definition) is 0. The molecule has 1 amide bonds. The van der Waals surface area contributed by atoms with Crippen LogP contribution in [-0.2, 0) is 20.7 Å². The van der Waals surface area contributed by atoms with Crippen molar-refractivity contribution < 1.29 is 18.7 Å². The van der Waals surface area contributed by atoms with E-state index in [0.717, 1.165) is 24.1 Å². The standard InChI is InChI=1S/C20H24FNO3/c1-12-5-6-13-11-14(21)7-8-15(13)22(12)16(23)20-10-9-19(4,17(24)25-20)18(20,2)3/h7-8,11-12H,5-6,9-10H2,1-4H3/t12-,19+,20+/m1/s1. The van der Waals surface area contributed by atoms with E-state index in [2.05, 4.69) is 0 Å². The summed E-state index contributed by atoms with van der Waals surface area (Å²) in [6, 6.07) is 4.55. The van der Waals surface area contributed by atoms with Crippen LogP contribution in [0.5, 0.6) is 0 Å². The van der Waals surface area contributed by atoms with E-state index in [1.807, 2.05) is 27.7 Å². The smallest absolute Gasteiger partial charge is 0.313 e. The summed E-state index contributed by atoms with van der Waals surface area (Å²) >= 11 is 0. The Morgan fingerprint density at radius 2 is 2.00 bits per heavy atom. The molecule has 1 saturated carbocycles. The molecule has 3 atom stereocenters. The molecule has 134 valence electrons. The largest absolute Gasteiger partial charge is 0.448 e. The lowest BCUT2D eigenvalue weighted by atomic mass is 9.66. The van der Waals surface area contributed by atoms with Gasteiger partial charge in [0.1, 0.15) is 5.82 Å². The van der Waals surface area contributed by atoms with E-state index < -0.39 is 16.4 Å². The summed E-state index contributed by atoms with van der Waals surface area (Å²) < 4.78 is 19.4. The molecule has 1 aliphatic carbocycles. The van der Waals surface area contributed by atoms with E-state index in [0.29, 0.717) is 12.8 Å². The highest BCUT2D eigenvalue weighted by atomic mass is 19.1. The van der Waals surface area contributed by atoms with Gasteiger partial charge in [0.25, 0.3) is 5.91 Å². The Bertz CT molecular complexity index is 789. The molecular formula is C20H24FNO3. The number of fused-ring (bicyclic) bond motifs is 3. The number of aryl methyl sites for hydroxylation is 1. The molecule has 2 bridgehead atoms. The first-order valence-electron chi connectivity index (χ1n) is 9.00. The molecule has 0 aromatic heterocycles. The summed E-state index contributed by atoms with van der Waals surface area (Å²) in [6.45, 7) is 7.82. The van der Waals surface area contributed by atoms with Crippen LogP contribution in [-0.4, -0.2) is 23.5 Å². The maximum Gasteiger partial charge on any atom is 0.313 e. The van der Waals surface area contributed by atoms with Crippen molar-refractivity contribution in [2.24, 2.45) is 10.8 Å². The minimum absolute atomic E-state index is 0.0122. The van der Waals surface area contributed by atoms with Crippen molar-refractivity contribution >= 4 is 17.6 Å². The molecule has 0 spiro atoms. The van der Waals surface area contributed by atoms with Crippen LogP contribution in [0.3, 0.4) is 0 Å². The van der Waals surface area contributed by atoms with Gasteiger partial charge in [-0.2, -0.15) is 0 Å². The number of rotatable bonds is 1. The van der Waals surface area contributed by atoms with Gasteiger partial charge in [-0.25, -0.2) is 4.39 Å². The monoisotopic (exact) mass is 345 g/mol. The van der Waals surface area contributed by atoms with Gasteiger partial charge in [-0.1, -0.05) is 13.8 Å². The molecule has 5 heteroatoms. The topological polar surface area (TPSA) is 46.6 Å². The van der Waals surface area contributed by atoms with E-state index in [-0.39, 0.29) is 23.7 Å². The molecule has 25 heavy (non-hydrogen) atoms. The Kier molecular flexibility index (Phi) is 3.20. The Morgan fingerprint density at radius 3 is 2.60 bits per heavy atom. The van der Waals surface area contributed by atoms with Gasteiger partial charge in [0.05, 0.1) is 5.41 Å². The minimum Gasteiger partial charge on any atom is -0.448 e. The third-order valence-corrected chi connectivity index (χ3v) is 7.22. The molecule has 2 heterocycles. The van der Waals surface area contributed by atoms with Crippen molar-refractivity contribution in [2.75, 3.05) is 4.90 Å². The van der Waals surface area contributed by atoms with Crippen molar-refractivity contribution in [3.05, 3.63) is 29.6 Å². The molecule has 3 aliphatic rings. The maximum absolute atomic E-state index is 13.7. The number of ether oxygens (including phenoxy) is 1. The van der Waals surface area contributed by atoms with Crippen LogP contribution in [0.15, 0.2) is 18.2 Å². The van der Waals surface area contributed by atoms with E-state index in [4.69, 9.17) is 4.74 Å². The van der Waals surface area contributed by atoms with Crippen molar-refractivity contribution in [2.45, 2.75) is 65.0 Å². The molecule has 2 fully saturated rings. The average molecular weight is 345 g/mol. The van der Waals surface area contributed by atoms with E-state index in [9.17, 15) is 14.0 Å². The molecule has 0 radical (unpaired) electrons. The second-order valence-electron chi connectivity index (χ2n) is 8.51. The minimum atomic E-state index is -1.13. The Hall–Kier alpha value is -1.91. The van der Waals surface area contributed by atoms with Crippen LogP contribution in [0.1, 0.15) is 52.5 Å². The second-order valence-corrected chi connectivity index (χ2v) is 8.51. The summed E-state index contributed by atoms with van der Waals surface area (Å²) in [5.41, 5.74) is -0.757. The van der Waals surface area contributed by atoms with Crippen LogP contribution < -0.4 is 4.90 Å². The zero-order chi connectivity index (χ0) is 18.2. The number of nitrogens with zero attached hydrogens (tertiary/aromatic N) is 1. The van der Waals surface area contributed by atoms with Gasteiger partial charge in [0.15, 0.2) is 5.60 Å². The zero-order valence-electron chi connectivity index (χ0n) is 15.2. The summed E-state index contributed by atoms with van der Waals surface area (Å²) in [4.78, 5) is 27.9. The Morgan fingerprint density at radius 1 is 1.28 bits per heavy atom. The second kappa shape index (κ2) is 4.83. The lowest BCUT2D eigenvalue weighted by molar-refractivity contribution is -0.167. The first-order valence-corrected chi connectivity index (χ1v) is 9.00. The molecule has 1 aromatic carbocycles. The zero-order valence-corrected chi connectivity index (χ0v) is 15.2. The number of anilines is 1. The van der Waals surface area contributed by atoms with Crippen LogP contribution in [0, 0.1) is 16.6 Å². The third-order valence-electron chi connectivity index (χ3n) is 7.22. The lowest BCUT2D eigenvalue weighted by Gasteiger charge is -2.43. The van der Waals surface area contributed by atoms with Gasteiger partial charge in [0.2, 0.25) is 0 Å². The van der Waals surface area contributed by atoms with Crippen LogP contribution >= 0.6 is 0 Å². The highest BCUT2D eigenvalue weighted by Crippen LogP contribution is 2.66. The number of benzene rings is 1. The van der Waals surface area contributed by atoms with E-state index in [1.54, 1.807) is 11.0 Å². The van der Waals surface area contributed by atoms with Crippen molar-refractivity contribution in [3.8, 4) is 0 Å². The summed E-state index contributed by atoms with van der Waals surface area (Å²) in [7, 11) is 0. The van der Waals surface area contributed by atoms with Crippen LogP contribution in [0.4, 0.5) is 10.1 Å². The number of hydrogen-bond acceptors (Lipinski definition) is 3.